The molecule has 0 aromatic rings. The molecule has 1 rings (SSSR count). The summed E-state index contributed by atoms with van der Waals surface area (Å²) in [6.07, 6.45) is 66.8. The molecule has 9 nitrogen and oxygen atoms in total. The molecule has 70 heavy (non-hydrogen) atoms. The van der Waals surface area contributed by atoms with Crippen LogP contribution >= 0.6 is 0 Å². The van der Waals surface area contributed by atoms with Crippen LogP contribution in [-0.4, -0.2) is 87.5 Å². The summed E-state index contributed by atoms with van der Waals surface area (Å²) in [6.45, 7) is 3.63. The fourth-order valence-corrected chi connectivity index (χ4v) is 7.91. The summed E-state index contributed by atoms with van der Waals surface area (Å²) >= 11 is 0. The number of aliphatic hydroxyl groups excluding tert-OH is 5. The van der Waals surface area contributed by atoms with Gasteiger partial charge in [-0.25, -0.2) is 0 Å². The van der Waals surface area contributed by atoms with Crippen LogP contribution in [0.15, 0.2) is 122 Å². The Morgan fingerprint density at radius 1 is 0.500 bits per heavy atom. The quantitative estimate of drug-likeness (QED) is 0.0261. The topological polar surface area (TPSA) is 149 Å². The van der Waals surface area contributed by atoms with Crippen molar-refractivity contribution in [3.63, 3.8) is 0 Å². The van der Waals surface area contributed by atoms with E-state index in [0.29, 0.717) is 12.8 Å². The van der Waals surface area contributed by atoms with Gasteiger partial charge in [-0.15, -0.1) is 0 Å². The van der Waals surface area contributed by atoms with E-state index < -0.39 is 49.5 Å². The highest BCUT2D eigenvalue weighted by molar-refractivity contribution is 5.76. The van der Waals surface area contributed by atoms with Crippen LogP contribution in [0.25, 0.3) is 0 Å². The van der Waals surface area contributed by atoms with Gasteiger partial charge in [0, 0.05) is 6.42 Å². The lowest BCUT2D eigenvalue weighted by atomic mass is 9.99. The molecule has 1 heterocycles. The van der Waals surface area contributed by atoms with Gasteiger partial charge in [-0.05, 0) is 89.9 Å². The Morgan fingerprint density at radius 2 is 0.886 bits per heavy atom. The lowest BCUT2D eigenvalue weighted by Gasteiger charge is -2.40. The van der Waals surface area contributed by atoms with Crippen LogP contribution in [0.2, 0.25) is 0 Å². The largest absolute Gasteiger partial charge is 0.394 e. The molecular weight excluding hydrogens is 875 g/mol. The number of ether oxygens (including phenoxy) is 2. The third kappa shape index (κ3) is 38.3. The maximum Gasteiger partial charge on any atom is 0.220 e. The molecule has 1 amide bonds. The van der Waals surface area contributed by atoms with Crippen molar-refractivity contribution in [1.29, 1.82) is 0 Å². The van der Waals surface area contributed by atoms with Crippen LogP contribution in [0, 0.1) is 0 Å². The van der Waals surface area contributed by atoms with E-state index in [1.54, 1.807) is 6.08 Å². The second-order valence-electron chi connectivity index (χ2n) is 18.6. The monoisotopic (exact) mass is 976 g/mol. The molecule has 1 saturated heterocycles. The second-order valence-corrected chi connectivity index (χ2v) is 18.6. The lowest BCUT2D eigenvalue weighted by Crippen LogP contribution is -2.60. The number of unbranched alkanes of at least 4 members (excludes halogenated alkanes) is 17. The summed E-state index contributed by atoms with van der Waals surface area (Å²) in [6, 6.07) is -0.832. The number of aliphatic hydroxyl groups is 5. The molecule has 1 aliphatic rings. The Morgan fingerprint density at radius 3 is 1.31 bits per heavy atom. The molecule has 0 aromatic carbocycles. The zero-order valence-electron chi connectivity index (χ0n) is 44.0. The number of allylic oxidation sites excluding steroid dienone is 19. The average Bonchev–Trinajstić information content (AvgIpc) is 3.36. The number of nitrogens with one attached hydrogen (secondary N) is 1. The van der Waals surface area contributed by atoms with E-state index in [1.807, 2.05) is 6.08 Å². The SMILES string of the molecule is CC/C=C\C/C=C\C/C=C\C/C=C\C/C=C\C/C=C\C/C=C\C/C=C\C/C=C\CCCCCC(=O)NC(COC1OC(CO)C(O)C(O)C1O)C(O)/C=C/CCCCCCCCCCCCCCCC. The predicted molar refractivity (Wildman–Crippen MR) is 294 cm³/mol. The molecule has 6 N–H and O–H groups in total. The van der Waals surface area contributed by atoms with Crippen molar-refractivity contribution in [2.24, 2.45) is 0 Å². The van der Waals surface area contributed by atoms with E-state index in [2.05, 4.69) is 129 Å². The number of amides is 1. The van der Waals surface area contributed by atoms with E-state index in [0.717, 1.165) is 96.3 Å². The number of rotatable bonds is 45. The summed E-state index contributed by atoms with van der Waals surface area (Å²) in [5.41, 5.74) is 0. The highest BCUT2D eigenvalue weighted by Crippen LogP contribution is 2.22. The molecular formula is C61H101NO8. The first kappa shape index (κ1) is 64.6. The molecule has 1 fully saturated rings. The maximum absolute atomic E-state index is 13.0. The highest BCUT2D eigenvalue weighted by atomic mass is 16.7. The van der Waals surface area contributed by atoms with E-state index in [1.165, 1.54) is 77.0 Å². The van der Waals surface area contributed by atoms with Gasteiger partial charge in [0.25, 0.3) is 0 Å². The number of hydrogen-bond donors (Lipinski definition) is 6. The predicted octanol–water partition coefficient (Wildman–Crippen LogP) is 13.6. The molecule has 7 unspecified atom stereocenters. The van der Waals surface area contributed by atoms with Gasteiger partial charge < -0.3 is 40.3 Å². The molecule has 9 heteroatoms. The normalized spacial score (nSPS) is 20.4. The molecule has 0 saturated carbocycles. The summed E-state index contributed by atoms with van der Waals surface area (Å²) < 4.78 is 11.2. The number of carbonyl (C=O) groups excluding carboxylic acids is 1. The van der Waals surface area contributed by atoms with Gasteiger partial charge in [0.2, 0.25) is 5.91 Å². The number of hydrogen-bond acceptors (Lipinski definition) is 8. The molecule has 7 atom stereocenters. The minimum atomic E-state index is -1.58. The zero-order chi connectivity index (χ0) is 50.8. The van der Waals surface area contributed by atoms with Crippen LogP contribution in [0.1, 0.15) is 200 Å². The van der Waals surface area contributed by atoms with E-state index in [4.69, 9.17) is 9.47 Å². The summed E-state index contributed by atoms with van der Waals surface area (Å²) in [4.78, 5) is 13.0. The van der Waals surface area contributed by atoms with Crippen molar-refractivity contribution in [2.45, 2.75) is 243 Å². The van der Waals surface area contributed by atoms with Gasteiger partial charge in [-0.3, -0.25) is 4.79 Å². The summed E-state index contributed by atoms with van der Waals surface area (Å²) in [5, 5.41) is 54.4. The van der Waals surface area contributed by atoms with E-state index in [9.17, 15) is 30.3 Å². The molecule has 0 bridgehead atoms. The third-order valence-electron chi connectivity index (χ3n) is 12.3. The molecule has 0 radical (unpaired) electrons. The minimum Gasteiger partial charge on any atom is -0.394 e. The van der Waals surface area contributed by atoms with E-state index in [-0.39, 0.29) is 12.5 Å². The fourth-order valence-electron chi connectivity index (χ4n) is 7.91. The van der Waals surface area contributed by atoms with Gasteiger partial charge in [-0.2, -0.15) is 0 Å². The molecule has 1 aliphatic heterocycles. The standard InChI is InChI=1S/C61H101NO8/c1-3-5-7-9-11-13-15-17-19-21-22-23-24-25-26-27-28-29-30-31-32-33-34-35-37-39-41-43-45-47-49-51-57(65)62-54(53-69-61-60(68)59(67)58(66)56(52-63)70-61)55(64)50-48-46-44-42-40-38-36-20-18-16-14-12-10-8-6-4-2/h5,7,11,13,17,19,22-23,25-26,28-29,31-32,34-35,39,41,48,50,54-56,58-61,63-64,66-68H,3-4,6,8-10,12,14-16,18,20-21,24,27,30,33,36-38,40,42-47,49,51-53H2,1-2H3,(H,62,65)/b7-5-,13-11-,19-17-,23-22-,26-25-,29-28-,32-31-,35-34-,41-39-,50-48+. The summed E-state index contributed by atoms with van der Waals surface area (Å²) in [7, 11) is 0. The average molecular weight is 976 g/mol. The van der Waals surface area contributed by atoms with Crippen LogP contribution in [-0.2, 0) is 14.3 Å². The van der Waals surface area contributed by atoms with Gasteiger partial charge in [-0.1, -0.05) is 225 Å². The lowest BCUT2D eigenvalue weighted by molar-refractivity contribution is -0.302. The Hall–Kier alpha value is -3.41. The van der Waals surface area contributed by atoms with Crippen LogP contribution in [0.3, 0.4) is 0 Å². The van der Waals surface area contributed by atoms with Gasteiger partial charge in [0.05, 0.1) is 25.4 Å². The molecule has 398 valence electrons. The van der Waals surface area contributed by atoms with Gasteiger partial charge in [0.1, 0.15) is 24.4 Å². The Balaban J connectivity index is 2.29. The van der Waals surface area contributed by atoms with Crippen molar-refractivity contribution < 1.29 is 39.8 Å². The van der Waals surface area contributed by atoms with Crippen molar-refractivity contribution in [3.8, 4) is 0 Å². The minimum absolute atomic E-state index is 0.210. The number of carbonyl (C=O) groups is 1. The second kappa shape index (κ2) is 49.2. The van der Waals surface area contributed by atoms with Crippen molar-refractivity contribution >= 4 is 5.91 Å². The smallest absolute Gasteiger partial charge is 0.220 e. The molecule has 0 spiro atoms. The third-order valence-corrected chi connectivity index (χ3v) is 12.3. The first-order valence-electron chi connectivity index (χ1n) is 27.8. The molecule has 0 aromatic heterocycles. The summed E-state index contributed by atoms with van der Waals surface area (Å²) in [5.74, 6) is -0.214. The van der Waals surface area contributed by atoms with Crippen molar-refractivity contribution in [3.05, 3.63) is 122 Å². The van der Waals surface area contributed by atoms with Gasteiger partial charge >= 0.3 is 0 Å². The fraction of sp³-hybridized carbons (Fsp3) is 0.656. The van der Waals surface area contributed by atoms with E-state index >= 15 is 0 Å². The maximum atomic E-state index is 13.0. The van der Waals surface area contributed by atoms with Crippen molar-refractivity contribution in [2.75, 3.05) is 13.2 Å². The van der Waals surface area contributed by atoms with Gasteiger partial charge in [0.15, 0.2) is 6.29 Å². The van der Waals surface area contributed by atoms with Crippen molar-refractivity contribution in [1.82, 2.24) is 5.32 Å². The van der Waals surface area contributed by atoms with Crippen LogP contribution in [0.4, 0.5) is 0 Å². The first-order valence-corrected chi connectivity index (χ1v) is 27.8. The molecule has 0 aliphatic carbocycles. The highest BCUT2D eigenvalue weighted by Gasteiger charge is 2.44. The zero-order valence-corrected chi connectivity index (χ0v) is 44.0. The Labute approximate surface area is 427 Å². The van der Waals surface area contributed by atoms with Crippen LogP contribution in [0.5, 0.6) is 0 Å². The Bertz CT molecular complexity index is 1510. The first-order chi connectivity index (χ1) is 34.3. The van der Waals surface area contributed by atoms with Crippen LogP contribution < -0.4 is 5.32 Å². The Kier molecular flexibility index (Phi) is 45.4.